The molecular weight excluding hydrogens is 434 g/mol. The van der Waals surface area contributed by atoms with Crippen molar-refractivity contribution in [2.45, 2.75) is 95.5 Å². The van der Waals surface area contributed by atoms with Crippen molar-refractivity contribution < 1.29 is 38.4 Å². The van der Waals surface area contributed by atoms with Gasteiger partial charge in [0.1, 0.15) is 11.4 Å². The molecule has 0 bridgehead atoms. The fourth-order valence-electron chi connectivity index (χ4n) is 4.69. The molecule has 0 aliphatic heterocycles. The van der Waals surface area contributed by atoms with E-state index in [9.17, 15) is 28.9 Å². The lowest BCUT2D eigenvalue weighted by Crippen LogP contribution is -2.42. The molecule has 33 heavy (non-hydrogen) atoms. The lowest BCUT2D eigenvalue weighted by Gasteiger charge is -2.33. The molecule has 0 aromatic heterocycles. The highest BCUT2D eigenvalue weighted by molar-refractivity contribution is 5.68. The first kappa shape index (κ1) is 27.5. The summed E-state index contributed by atoms with van der Waals surface area (Å²) in [7, 11) is 1.37. The number of aliphatic hydroxyl groups excluding tert-OH is 3. The Hall–Kier alpha value is -1.77. The first-order valence-corrected chi connectivity index (χ1v) is 11.8. The minimum atomic E-state index is -1.17. The van der Waals surface area contributed by atoms with Crippen LogP contribution >= 0.6 is 0 Å². The highest BCUT2D eigenvalue weighted by Crippen LogP contribution is 2.40. The summed E-state index contributed by atoms with van der Waals surface area (Å²) in [4.78, 5) is 11.2. The summed E-state index contributed by atoms with van der Waals surface area (Å²) in [6.45, 7) is 3.21. The maximum absolute atomic E-state index is 13.9. The maximum atomic E-state index is 13.9. The monoisotopic (exact) mass is 472 g/mol. The fourth-order valence-corrected chi connectivity index (χ4v) is 4.69. The number of hydrogen-bond donors (Lipinski definition) is 3. The highest BCUT2D eigenvalue weighted by atomic mass is 19.1. The second-order valence-corrected chi connectivity index (χ2v) is 9.60. The zero-order chi connectivity index (χ0) is 24.6. The molecule has 1 fully saturated rings. The Kier molecular flexibility index (Phi) is 10.5. The van der Waals surface area contributed by atoms with Crippen LogP contribution in [0.15, 0.2) is 18.2 Å². The third kappa shape index (κ3) is 8.19. The number of unbranched alkanes of at least 4 members (excludes halogenated alkanes) is 3. The molecule has 2 rings (SSSR count). The molecule has 6 nitrogen and oxygen atoms in total. The molecule has 188 valence electrons. The molecule has 0 radical (unpaired) electrons. The number of benzene rings is 1. The van der Waals surface area contributed by atoms with Crippen molar-refractivity contribution in [1.29, 1.82) is 0 Å². The molecule has 8 heteroatoms. The van der Waals surface area contributed by atoms with Crippen LogP contribution in [0.4, 0.5) is 8.78 Å². The van der Waals surface area contributed by atoms with Crippen LogP contribution < -0.4 is 4.74 Å². The van der Waals surface area contributed by atoms with E-state index in [2.05, 4.69) is 4.74 Å². The number of aliphatic hydroxyl groups is 3. The van der Waals surface area contributed by atoms with Gasteiger partial charge in [-0.3, -0.25) is 4.79 Å². The minimum Gasteiger partial charge on any atom is -0.482 e. The molecule has 0 spiro atoms. The molecular formula is C25H38F2O6. The molecule has 0 saturated heterocycles. The van der Waals surface area contributed by atoms with Gasteiger partial charge in [0.2, 0.25) is 0 Å². The number of hydrogen-bond acceptors (Lipinski definition) is 6. The number of rotatable bonds is 13. The van der Waals surface area contributed by atoms with E-state index in [1.54, 1.807) is 13.8 Å². The van der Waals surface area contributed by atoms with Crippen molar-refractivity contribution in [2.75, 3.05) is 7.11 Å². The van der Waals surface area contributed by atoms with Crippen LogP contribution in [0.2, 0.25) is 0 Å². The Morgan fingerprint density at radius 2 is 1.73 bits per heavy atom. The third-order valence-corrected chi connectivity index (χ3v) is 6.76. The average molecular weight is 473 g/mol. The van der Waals surface area contributed by atoms with Gasteiger partial charge in [0, 0.05) is 12.5 Å². The summed E-state index contributed by atoms with van der Waals surface area (Å²) in [6.07, 6.45) is 3.46. The maximum Gasteiger partial charge on any atom is 0.305 e. The molecule has 1 saturated carbocycles. The zero-order valence-corrected chi connectivity index (χ0v) is 19.8. The van der Waals surface area contributed by atoms with E-state index in [1.807, 2.05) is 0 Å². The predicted octanol–water partition coefficient (Wildman–Crippen LogP) is 4.13. The van der Waals surface area contributed by atoms with Crippen molar-refractivity contribution in [3.63, 3.8) is 0 Å². The van der Waals surface area contributed by atoms with Gasteiger partial charge in [-0.15, -0.1) is 0 Å². The largest absolute Gasteiger partial charge is 0.482 e. The number of halogens is 2. The quantitative estimate of drug-likeness (QED) is 0.295. The van der Waals surface area contributed by atoms with Crippen molar-refractivity contribution in [3.8, 4) is 5.75 Å². The standard InChI is InChI=1S/C25H38F2O6/c1-25(2,33-22-14-16(26)10-12-19(22)27)23(30)13-11-18-17(20(28)15-21(18)29)8-6-4-5-7-9-24(31)32-3/h10,12,14,17-18,20-21,23,28-30H,4-9,11,13,15H2,1-3H3. The predicted molar refractivity (Wildman–Crippen MR) is 120 cm³/mol. The van der Waals surface area contributed by atoms with Crippen LogP contribution in [0.1, 0.15) is 71.6 Å². The summed E-state index contributed by atoms with van der Waals surface area (Å²) >= 11 is 0. The van der Waals surface area contributed by atoms with E-state index in [1.165, 1.54) is 7.11 Å². The van der Waals surface area contributed by atoms with Crippen LogP contribution in [0.5, 0.6) is 5.75 Å². The van der Waals surface area contributed by atoms with Gasteiger partial charge in [0.05, 0.1) is 25.4 Å². The van der Waals surface area contributed by atoms with Gasteiger partial charge >= 0.3 is 5.97 Å². The second-order valence-electron chi connectivity index (χ2n) is 9.60. The van der Waals surface area contributed by atoms with Crippen molar-refractivity contribution >= 4 is 5.97 Å². The molecule has 0 amide bonds. The topological polar surface area (TPSA) is 96.2 Å². The number of carbonyl (C=O) groups excluding carboxylic acids is 1. The van der Waals surface area contributed by atoms with Gasteiger partial charge in [-0.05, 0) is 69.9 Å². The van der Waals surface area contributed by atoms with Gasteiger partial charge in [-0.1, -0.05) is 19.3 Å². The van der Waals surface area contributed by atoms with E-state index >= 15 is 0 Å². The molecule has 5 unspecified atom stereocenters. The Balaban J connectivity index is 1.84. The number of esters is 1. The van der Waals surface area contributed by atoms with E-state index in [0.717, 1.165) is 50.3 Å². The van der Waals surface area contributed by atoms with Crippen molar-refractivity contribution in [1.82, 2.24) is 0 Å². The number of carbonyl (C=O) groups is 1. The Labute approximate surface area is 194 Å². The van der Waals surface area contributed by atoms with E-state index in [4.69, 9.17) is 4.74 Å². The molecule has 1 aromatic rings. The average Bonchev–Trinajstić information content (AvgIpc) is 3.03. The van der Waals surface area contributed by atoms with E-state index in [-0.39, 0.29) is 30.0 Å². The lowest BCUT2D eigenvalue weighted by molar-refractivity contribution is -0.140. The molecule has 1 aliphatic rings. The fraction of sp³-hybridized carbons (Fsp3) is 0.720. The molecule has 5 atom stereocenters. The molecule has 1 aromatic carbocycles. The van der Waals surface area contributed by atoms with Crippen molar-refractivity contribution in [3.05, 3.63) is 29.8 Å². The minimum absolute atomic E-state index is 0.0718. The summed E-state index contributed by atoms with van der Waals surface area (Å²) in [5.74, 6) is -2.05. The smallest absolute Gasteiger partial charge is 0.305 e. The Bertz CT molecular complexity index is 756. The number of ether oxygens (including phenoxy) is 2. The SMILES string of the molecule is COC(=O)CCCCCCC1C(O)CC(O)C1CCC(O)C(C)(C)Oc1cc(F)ccc1F. The number of methoxy groups -OCH3 is 1. The first-order chi connectivity index (χ1) is 15.5. The molecule has 3 N–H and O–H groups in total. The molecule has 0 heterocycles. The summed E-state index contributed by atoms with van der Waals surface area (Å²) in [5.41, 5.74) is -1.17. The van der Waals surface area contributed by atoms with Crippen LogP contribution in [0.25, 0.3) is 0 Å². The first-order valence-electron chi connectivity index (χ1n) is 11.8. The Morgan fingerprint density at radius 1 is 1.09 bits per heavy atom. The molecule has 1 aliphatic carbocycles. The van der Waals surface area contributed by atoms with Crippen LogP contribution in [0, 0.1) is 23.5 Å². The van der Waals surface area contributed by atoms with Gasteiger partial charge in [0.25, 0.3) is 0 Å². The zero-order valence-electron chi connectivity index (χ0n) is 19.8. The lowest BCUT2D eigenvalue weighted by atomic mass is 9.83. The summed E-state index contributed by atoms with van der Waals surface area (Å²) in [6, 6.07) is 2.92. The van der Waals surface area contributed by atoms with Crippen LogP contribution in [-0.2, 0) is 9.53 Å². The Morgan fingerprint density at radius 3 is 2.39 bits per heavy atom. The van der Waals surface area contributed by atoms with E-state index < -0.39 is 35.5 Å². The van der Waals surface area contributed by atoms with Crippen LogP contribution in [0.3, 0.4) is 0 Å². The van der Waals surface area contributed by atoms with E-state index in [0.29, 0.717) is 19.3 Å². The normalized spacial score (nSPS) is 24.0. The van der Waals surface area contributed by atoms with Gasteiger partial charge < -0.3 is 24.8 Å². The van der Waals surface area contributed by atoms with Gasteiger partial charge in [-0.25, -0.2) is 8.78 Å². The summed E-state index contributed by atoms with van der Waals surface area (Å²) in [5, 5.41) is 31.6. The highest BCUT2D eigenvalue weighted by Gasteiger charge is 2.42. The van der Waals surface area contributed by atoms with Gasteiger partial charge in [0.15, 0.2) is 11.6 Å². The van der Waals surface area contributed by atoms with Crippen LogP contribution in [-0.4, -0.2) is 52.3 Å². The van der Waals surface area contributed by atoms with Gasteiger partial charge in [-0.2, -0.15) is 0 Å². The second kappa shape index (κ2) is 12.6. The summed E-state index contributed by atoms with van der Waals surface area (Å²) < 4.78 is 37.6. The van der Waals surface area contributed by atoms with Crippen molar-refractivity contribution in [2.24, 2.45) is 11.8 Å². The third-order valence-electron chi connectivity index (χ3n) is 6.76.